The van der Waals surface area contributed by atoms with Crippen LogP contribution in [-0.4, -0.2) is 21.5 Å². The van der Waals surface area contributed by atoms with Gasteiger partial charge in [0.15, 0.2) is 0 Å². The summed E-state index contributed by atoms with van der Waals surface area (Å²) in [5.74, 6) is 0. The van der Waals surface area contributed by atoms with Crippen molar-refractivity contribution in [1.82, 2.24) is 20.3 Å². The fraction of sp³-hybridized carbons (Fsp3) is 0.500. The lowest BCUT2D eigenvalue weighted by Crippen LogP contribution is -2.23. The first-order valence-electron chi connectivity index (χ1n) is 6.13. The van der Waals surface area contributed by atoms with Crippen molar-refractivity contribution in [1.29, 1.82) is 0 Å². The lowest BCUT2D eigenvalue weighted by Gasteiger charge is -2.15. The SMILES string of the molecule is CCCNC(Cc1cn(C)nn1)c1cc(Br)c(Br)s1. The Morgan fingerprint density at radius 1 is 1.47 bits per heavy atom. The lowest BCUT2D eigenvalue weighted by molar-refractivity contribution is 0.531. The average Bonchev–Trinajstić information content (AvgIpc) is 2.92. The van der Waals surface area contributed by atoms with Crippen molar-refractivity contribution in [3.63, 3.8) is 0 Å². The standard InChI is InChI=1S/C12H16Br2N4S/c1-3-4-15-10(5-8-7-18(2)17-16-8)11-6-9(13)12(14)19-11/h6-7,10,15H,3-5H2,1-2H3. The summed E-state index contributed by atoms with van der Waals surface area (Å²) >= 11 is 8.85. The maximum Gasteiger partial charge on any atom is 0.0846 e. The first kappa shape index (κ1) is 15.2. The van der Waals surface area contributed by atoms with E-state index in [0.29, 0.717) is 0 Å². The number of aryl methyl sites for hydroxylation is 1. The number of hydrogen-bond acceptors (Lipinski definition) is 4. The van der Waals surface area contributed by atoms with Gasteiger partial charge in [-0.25, -0.2) is 0 Å². The van der Waals surface area contributed by atoms with Gasteiger partial charge < -0.3 is 5.32 Å². The van der Waals surface area contributed by atoms with Crippen molar-refractivity contribution in [2.24, 2.45) is 7.05 Å². The summed E-state index contributed by atoms with van der Waals surface area (Å²) in [7, 11) is 1.89. The molecule has 2 aromatic heterocycles. The van der Waals surface area contributed by atoms with Crippen LogP contribution in [0.4, 0.5) is 0 Å². The van der Waals surface area contributed by atoms with Gasteiger partial charge in [0.1, 0.15) is 0 Å². The summed E-state index contributed by atoms with van der Waals surface area (Å²) in [5.41, 5.74) is 1.01. The molecule has 0 bridgehead atoms. The van der Waals surface area contributed by atoms with Crippen molar-refractivity contribution >= 4 is 43.2 Å². The van der Waals surface area contributed by atoms with Gasteiger partial charge in [-0.05, 0) is 50.9 Å². The molecule has 7 heteroatoms. The third kappa shape index (κ3) is 4.11. The Labute approximate surface area is 133 Å². The van der Waals surface area contributed by atoms with E-state index >= 15 is 0 Å². The zero-order valence-corrected chi connectivity index (χ0v) is 14.8. The molecule has 0 spiro atoms. The van der Waals surface area contributed by atoms with E-state index in [1.807, 2.05) is 13.2 Å². The first-order chi connectivity index (χ1) is 9.10. The normalized spacial score (nSPS) is 12.8. The molecule has 0 amide bonds. The third-order valence-electron chi connectivity index (χ3n) is 2.71. The summed E-state index contributed by atoms with van der Waals surface area (Å²) in [5, 5.41) is 11.7. The maximum absolute atomic E-state index is 4.17. The van der Waals surface area contributed by atoms with Crippen LogP contribution in [0.25, 0.3) is 0 Å². The summed E-state index contributed by atoms with van der Waals surface area (Å²) in [6.07, 6.45) is 3.94. The molecule has 2 heterocycles. The molecule has 1 atom stereocenters. The molecule has 2 aromatic rings. The van der Waals surface area contributed by atoms with E-state index in [0.717, 1.165) is 33.3 Å². The van der Waals surface area contributed by atoms with Crippen LogP contribution in [0, 0.1) is 0 Å². The molecule has 0 aliphatic heterocycles. The average molecular weight is 408 g/mol. The van der Waals surface area contributed by atoms with Crippen LogP contribution in [0.5, 0.6) is 0 Å². The van der Waals surface area contributed by atoms with E-state index in [-0.39, 0.29) is 6.04 Å². The Kier molecular flexibility index (Phi) is 5.56. The van der Waals surface area contributed by atoms with Gasteiger partial charge in [0.25, 0.3) is 0 Å². The minimum absolute atomic E-state index is 0.282. The molecule has 0 aliphatic rings. The van der Waals surface area contributed by atoms with Crippen LogP contribution < -0.4 is 5.32 Å². The zero-order valence-electron chi connectivity index (χ0n) is 10.9. The predicted octanol–water partition coefficient (Wildman–Crippen LogP) is 3.69. The van der Waals surface area contributed by atoms with Gasteiger partial charge in [0.05, 0.1) is 9.48 Å². The quantitative estimate of drug-likeness (QED) is 0.793. The van der Waals surface area contributed by atoms with E-state index < -0.39 is 0 Å². The fourth-order valence-electron chi connectivity index (χ4n) is 1.82. The van der Waals surface area contributed by atoms with Gasteiger partial charge in [-0.1, -0.05) is 12.1 Å². The first-order valence-corrected chi connectivity index (χ1v) is 8.53. The Morgan fingerprint density at radius 2 is 2.26 bits per heavy atom. The molecule has 0 fully saturated rings. The molecule has 104 valence electrons. The van der Waals surface area contributed by atoms with Gasteiger partial charge >= 0.3 is 0 Å². The van der Waals surface area contributed by atoms with Crippen LogP contribution in [0.2, 0.25) is 0 Å². The summed E-state index contributed by atoms with van der Waals surface area (Å²) in [6.45, 7) is 3.17. The van der Waals surface area contributed by atoms with Crippen molar-refractivity contribution in [3.8, 4) is 0 Å². The molecule has 0 aromatic carbocycles. The van der Waals surface area contributed by atoms with Crippen molar-refractivity contribution in [3.05, 3.63) is 31.1 Å². The van der Waals surface area contributed by atoms with Crippen LogP contribution in [-0.2, 0) is 13.5 Å². The van der Waals surface area contributed by atoms with Gasteiger partial charge in [0.2, 0.25) is 0 Å². The summed E-state index contributed by atoms with van der Waals surface area (Å²) in [6, 6.07) is 2.45. The van der Waals surface area contributed by atoms with E-state index in [1.165, 1.54) is 4.88 Å². The van der Waals surface area contributed by atoms with E-state index in [9.17, 15) is 0 Å². The van der Waals surface area contributed by atoms with E-state index in [2.05, 4.69) is 60.5 Å². The van der Waals surface area contributed by atoms with Crippen LogP contribution >= 0.6 is 43.2 Å². The van der Waals surface area contributed by atoms with E-state index in [4.69, 9.17) is 0 Å². The van der Waals surface area contributed by atoms with Gasteiger partial charge in [-0.2, -0.15) is 0 Å². The van der Waals surface area contributed by atoms with Gasteiger partial charge in [0, 0.05) is 35.1 Å². The van der Waals surface area contributed by atoms with Crippen molar-refractivity contribution in [2.75, 3.05) is 6.54 Å². The number of nitrogens with zero attached hydrogens (tertiary/aromatic N) is 3. The molecule has 4 nitrogen and oxygen atoms in total. The molecule has 0 saturated heterocycles. The highest BCUT2D eigenvalue weighted by Crippen LogP contribution is 2.36. The summed E-state index contributed by atoms with van der Waals surface area (Å²) in [4.78, 5) is 1.30. The lowest BCUT2D eigenvalue weighted by atomic mass is 10.1. The highest BCUT2D eigenvalue weighted by molar-refractivity contribution is 9.13. The second-order valence-electron chi connectivity index (χ2n) is 4.36. The Hall–Kier alpha value is -0.240. The topological polar surface area (TPSA) is 42.7 Å². The van der Waals surface area contributed by atoms with Crippen LogP contribution in [0.15, 0.2) is 20.5 Å². The highest BCUT2D eigenvalue weighted by atomic mass is 79.9. The molecular formula is C12H16Br2N4S. The molecule has 0 aliphatic carbocycles. The summed E-state index contributed by atoms with van der Waals surface area (Å²) < 4.78 is 3.98. The number of rotatable bonds is 6. The number of nitrogens with one attached hydrogen (secondary N) is 1. The van der Waals surface area contributed by atoms with Crippen LogP contribution in [0.3, 0.4) is 0 Å². The number of aromatic nitrogens is 3. The minimum Gasteiger partial charge on any atom is -0.309 e. The molecule has 0 radical (unpaired) electrons. The molecule has 2 rings (SSSR count). The smallest absolute Gasteiger partial charge is 0.0846 e. The molecule has 1 N–H and O–H groups in total. The predicted molar refractivity (Wildman–Crippen MR) is 85.5 cm³/mol. The largest absolute Gasteiger partial charge is 0.309 e. The number of hydrogen-bond donors (Lipinski definition) is 1. The second-order valence-corrected chi connectivity index (χ2v) is 7.62. The molecule has 1 unspecified atom stereocenters. The Balaban J connectivity index is 2.15. The molecular weight excluding hydrogens is 392 g/mol. The highest BCUT2D eigenvalue weighted by Gasteiger charge is 2.17. The number of thiophene rings is 1. The Morgan fingerprint density at radius 3 is 2.79 bits per heavy atom. The van der Waals surface area contributed by atoms with E-state index in [1.54, 1.807) is 16.0 Å². The molecule has 0 saturated carbocycles. The van der Waals surface area contributed by atoms with Crippen molar-refractivity contribution in [2.45, 2.75) is 25.8 Å². The monoisotopic (exact) mass is 406 g/mol. The van der Waals surface area contributed by atoms with Gasteiger partial charge in [-0.3, -0.25) is 4.68 Å². The maximum atomic E-state index is 4.17. The van der Waals surface area contributed by atoms with Crippen molar-refractivity contribution < 1.29 is 0 Å². The second kappa shape index (κ2) is 6.97. The third-order valence-corrected chi connectivity index (χ3v) is 6.08. The van der Waals surface area contributed by atoms with Crippen LogP contribution in [0.1, 0.15) is 30.0 Å². The minimum atomic E-state index is 0.282. The number of halogens is 2. The van der Waals surface area contributed by atoms with Gasteiger partial charge in [-0.15, -0.1) is 16.4 Å². The molecule has 19 heavy (non-hydrogen) atoms. The Bertz CT molecular complexity index is 518. The zero-order chi connectivity index (χ0) is 13.8. The fourth-order valence-corrected chi connectivity index (χ4v) is 3.99.